The van der Waals surface area contributed by atoms with Gasteiger partial charge in [0.05, 0.1) is 33.4 Å². The number of nitrogens with zero attached hydrogens (tertiary/aromatic N) is 1. The van der Waals surface area contributed by atoms with Crippen LogP contribution in [0.2, 0.25) is 0 Å². The molecule has 0 radical (unpaired) electrons. The van der Waals surface area contributed by atoms with Crippen LogP contribution in [0.4, 0.5) is 0 Å². The third-order valence-corrected chi connectivity index (χ3v) is 6.21. The van der Waals surface area contributed by atoms with E-state index in [1.807, 2.05) is 36.4 Å². The number of hydrogen-bond acceptors (Lipinski definition) is 5. The lowest BCUT2D eigenvalue weighted by Crippen LogP contribution is -2.55. The minimum atomic E-state index is -1.83. The zero-order valence-electron chi connectivity index (χ0n) is 17.4. The minimum absolute atomic E-state index is 0.143. The summed E-state index contributed by atoms with van der Waals surface area (Å²) in [7, 11) is 2.19. The van der Waals surface area contributed by atoms with Crippen LogP contribution in [-0.4, -0.2) is 67.8 Å². The van der Waals surface area contributed by atoms with Gasteiger partial charge in [0.1, 0.15) is 12.6 Å². The molecule has 1 N–H and O–H groups in total. The number of hydrogen-bond donors (Lipinski definition) is 1. The summed E-state index contributed by atoms with van der Waals surface area (Å²) in [5, 5.41) is 11.5. The number of piperidine rings is 1. The number of rotatable bonds is 6. The Morgan fingerprint density at radius 2 is 1.50 bits per heavy atom. The van der Waals surface area contributed by atoms with Gasteiger partial charge in [-0.05, 0) is 11.1 Å². The van der Waals surface area contributed by atoms with Crippen molar-refractivity contribution in [2.24, 2.45) is 0 Å². The Hall–Kier alpha value is -2.25. The Balaban J connectivity index is 1.45. The molecule has 2 aliphatic heterocycles. The summed E-state index contributed by atoms with van der Waals surface area (Å²) < 4.78 is 17.9. The summed E-state index contributed by atoms with van der Waals surface area (Å²) in [6.07, 6.45) is 1.13. The second-order valence-electron chi connectivity index (χ2n) is 8.47. The van der Waals surface area contributed by atoms with E-state index in [1.165, 1.54) is 0 Å². The highest BCUT2D eigenvalue weighted by molar-refractivity contribution is 5.85. The molecule has 2 aromatic carbocycles. The van der Waals surface area contributed by atoms with Crippen molar-refractivity contribution in [2.45, 2.75) is 30.8 Å². The van der Waals surface area contributed by atoms with Gasteiger partial charge in [-0.3, -0.25) is 0 Å². The maximum atomic E-state index is 13.3. The molecular weight excluding hydrogens is 382 g/mol. The molecule has 30 heavy (non-hydrogen) atoms. The number of aliphatic hydroxyl groups is 1. The minimum Gasteiger partial charge on any atom is -0.459 e. The van der Waals surface area contributed by atoms with Gasteiger partial charge in [0.25, 0.3) is 0 Å². The maximum absolute atomic E-state index is 13.3. The van der Waals surface area contributed by atoms with Crippen LogP contribution in [0.1, 0.15) is 24.0 Å². The van der Waals surface area contributed by atoms with Gasteiger partial charge in [-0.2, -0.15) is 0 Å². The molecule has 2 saturated heterocycles. The lowest BCUT2D eigenvalue weighted by Gasteiger charge is -2.41. The van der Waals surface area contributed by atoms with Gasteiger partial charge in [-0.15, -0.1) is 0 Å². The van der Waals surface area contributed by atoms with E-state index >= 15 is 0 Å². The molecule has 2 heterocycles. The van der Waals surface area contributed by atoms with Gasteiger partial charge >= 0.3 is 5.97 Å². The molecule has 6 nitrogen and oxygen atoms in total. The monoisotopic (exact) mass is 412 g/mol. The number of ether oxygens (including phenoxy) is 3. The van der Waals surface area contributed by atoms with E-state index in [0.29, 0.717) is 24.3 Å². The largest absolute Gasteiger partial charge is 0.459 e. The van der Waals surface area contributed by atoms with Crippen molar-refractivity contribution in [3.63, 3.8) is 0 Å². The molecule has 0 aromatic heterocycles. The lowest BCUT2D eigenvalue weighted by molar-refractivity contribution is -0.920. The number of carbonyl (C=O) groups excluding carboxylic acids is 1. The number of carbonyl (C=O) groups is 1. The van der Waals surface area contributed by atoms with E-state index in [0.717, 1.165) is 37.0 Å². The number of quaternary nitrogens is 1. The molecule has 160 valence electrons. The summed E-state index contributed by atoms with van der Waals surface area (Å²) in [5.41, 5.74) is -0.815. The smallest absolute Gasteiger partial charge is 0.347 e. The van der Waals surface area contributed by atoms with Crippen molar-refractivity contribution in [3.8, 4) is 0 Å². The summed E-state index contributed by atoms with van der Waals surface area (Å²) in [6.45, 7) is 3.86. The molecule has 2 aromatic rings. The van der Waals surface area contributed by atoms with Crippen LogP contribution in [0.5, 0.6) is 0 Å². The van der Waals surface area contributed by atoms with Gasteiger partial charge in [0.2, 0.25) is 11.9 Å². The van der Waals surface area contributed by atoms with Crippen LogP contribution in [0.3, 0.4) is 0 Å². The SMILES string of the molecule is C[N+]1(CC2OCCO2)CCC(OC(=O)C(O)(c2ccccc2)c2ccccc2)CC1. The highest BCUT2D eigenvalue weighted by Crippen LogP contribution is 2.32. The average Bonchev–Trinajstić information content (AvgIpc) is 3.28. The number of likely N-dealkylation sites (N-methyl/N-ethyl adjacent to an activating group) is 1. The summed E-state index contributed by atoms with van der Waals surface area (Å²) in [4.78, 5) is 13.3. The van der Waals surface area contributed by atoms with E-state index in [2.05, 4.69) is 7.05 Å². The fourth-order valence-corrected chi connectivity index (χ4v) is 4.34. The van der Waals surface area contributed by atoms with Crippen LogP contribution < -0.4 is 0 Å². The molecule has 2 fully saturated rings. The highest BCUT2D eigenvalue weighted by Gasteiger charge is 2.44. The van der Waals surface area contributed by atoms with Gasteiger partial charge < -0.3 is 23.8 Å². The lowest BCUT2D eigenvalue weighted by atomic mass is 9.86. The molecule has 0 unspecified atom stereocenters. The quantitative estimate of drug-likeness (QED) is 0.583. The normalized spacial score (nSPS) is 25.2. The van der Waals surface area contributed by atoms with Gasteiger partial charge in [-0.25, -0.2) is 4.79 Å². The van der Waals surface area contributed by atoms with Crippen molar-refractivity contribution in [1.29, 1.82) is 0 Å². The molecule has 6 heteroatoms. The molecule has 0 saturated carbocycles. The molecular formula is C24H30NO5+. The number of esters is 1. The summed E-state index contributed by atoms with van der Waals surface area (Å²) in [5.74, 6) is -0.622. The Morgan fingerprint density at radius 1 is 1.00 bits per heavy atom. The van der Waals surface area contributed by atoms with E-state index in [-0.39, 0.29) is 12.4 Å². The predicted molar refractivity (Wildman–Crippen MR) is 111 cm³/mol. The van der Waals surface area contributed by atoms with Crippen molar-refractivity contribution in [3.05, 3.63) is 71.8 Å². The predicted octanol–water partition coefficient (Wildman–Crippen LogP) is 2.45. The van der Waals surface area contributed by atoms with Crippen LogP contribution in [0, 0.1) is 0 Å². The molecule has 2 aliphatic rings. The third kappa shape index (κ3) is 4.42. The molecule has 0 atom stereocenters. The molecule has 0 amide bonds. The fourth-order valence-electron chi connectivity index (χ4n) is 4.34. The van der Waals surface area contributed by atoms with Gasteiger partial charge in [-0.1, -0.05) is 60.7 Å². The second kappa shape index (κ2) is 8.86. The standard InChI is InChI=1S/C24H30NO5/c1-25(18-22-28-16-17-29-22)14-12-21(13-15-25)30-23(26)24(27,19-8-4-2-5-9-19)20-10-6-3-7-11-20/h2-11,21-22,27H,12-18H2,1H3/q+1. The summed E-state index contributed by atoms with van der Waals surface area (Å²) >= 11 is 0. The van der Waals surface area contributed by atoms with E-state index in [9.17, 15) is 9.90 Å². The fraction of sp³-hybridized carbons (Fsp3) is 0.458. The molecule has 0 aliphatic carbocycles. The maximum Gasteiger partial charge on any atom is 0.347 e. The first-order chi connectivity index (χ1) is 14.5. The highest BCUT2D eigenvalue weighted by atomic mass is 16.7. The Kier molecular flexibility index (Phi) is 6.20. The van der Waals surface area contributed by atoms with Crippen LogP contribution >= 0.6 is 0 Å². The topological polar surface area (TPSA) is 65.0 Å². The molecule has 4 rings (SSSR count). The number of likely N-dealkylation sites (tertiary alicyclic amines) is 1. The third-order valence-electron chi connectivity index (χ3n) is 6.21. The van der Waals surface area contributed by atoms with Crippen LogP contribution in [-0.2, 0) is 24.6 Å². The van der Waals surface area contributed by atoms with Crippen LogP contribution in [0.15, 0.2) is 60.7 Å². The number of benzene rings is 2. The zero-order chi connectivity index (χ0) is 21.0. The van der Waals surface area contributed by atoms with Crippen molar-refractivity contribution < 1.29 is 28.6 Å². The van der Waals surface area contributed by atoms with E-state index < -0.39 is 11.6 Å². The first-order valence-electron chi connectivity index (χ1n) is 10.6. The first-order valence-corrected chi connectivity index (χ1v) is 10.6. The molecule has 0 bridgehead atoms. The van der Waals surface area contributed by atoms with Gasteiger partial charge in [0, 0.05) is 12.8 Å². The second-order valence-corrected chi connectivity index (χ2v) is 8.47. The van der Waals surface area contributed by atoms with Crippen LogP contribution in [0.25, 0.3) is 0 Å². The zero-order valence-corrected chi connectivity index (χ0v) is 17.4. The Labute approximate surface area is 177 Å². The van der Waals surface area contributed by atoms with Gasteiger partial charge in [0.15, 0.2) is 0 Å². The Morgan fingerprint density at radius 3 is 2.00 bits per heavy atom. The average molecular weight is 413 g/mol. The Bertz CT molecular complexity index is 788. The summed E-state index contributed by atoms with van der Waals surface area (Å²) in [6, 6.07) is 18.0. The molecule has 0 spiro atoms. The van der Waals surface area contributed by atoms with E-state index in [4.69, 9.17) is 14.2 Å². The van der Waals surface area contributed by atoms with Crippen molar-refractivity contribution in [2.75, 3.05) is 39.9 Å². The van der Waals surface area contributed by atoms with Crippen molar-refractivity contribution in [1.82, 2.24) is 0 Å². The van der Waals surface area contributed by atoms with E-state index in [1.54, 1.807) is 24.3 Å². The first kappa shape index (κ1) is 21.0. The van der Waals surface area contributed by atoms with Crippen molar-refractivity contribution >= 4 is 5.97 Å².